The average Bonchev–Trinajstić information content (AvgIpc) is 3.71. The molecule has 4 heteroatoms. The molecular weight excluding hydrogens is 725 g/mol. The maximum Gasteiger partial charge on any atom is 0.252 e. The van der Waals surface area contributed by atoms with Gasteiger partial charge in [0.25, 0.3) is 6.71 Å². The van der Waals surface area contributed by atoms with Crippen molar-refractivity contribution in [3.63, 3.8) is 0 Å². The fraction of sp³-hybridized carbons (Fsp3) is 0.464. The summed E-state index contributed by atoms with van der Waals surface area (Å²) in [5, 5.41) is 2.79. The van der Waals surface area contributed by atoms with Crippen LogP contribution in [0.3, 0.4) is 0 Å². The Labute approximate surface area is 359 Å². The molecule has 0 bridgehead atoms. The van der Waals surface area contributed by atoms with E-state index in [1.165, 1.54) is 140 Å². The maximum absolute atomic E-state index is 2.94. The molecule has 2 fully saturated rings. The summed E-state index contributed by atoms with van der Waals surface area (Å²) in [6.07, 6.45) is 10.0. The number of aromatic nitrogens is 1. The number of rotatable bonds is 1. The minimum atomic E-state index is -0.0393. The predicted octanol–water partition coefficient (Wildman–Crippen LogP) is 12.6. The molecule has 2 saturated carbocycles. The van der Waals surface area contributed by atoms with Crippen LogP contribution in [0.25, 0.3) is 27.5 Å². The van der Waals surface area contributed by atoms with Crippen molar-refractivity contribution in [1.82, 2.24) is 4.57 Å². The molecule has 5 aromatic carbocycles. The predicted molar refractivity (Wildman–Crippen MR) is 258 cm³/mol. The fourth-order valence-corrected chi connectivity index (χ4v) is 14.6. The number of hydrogen-bond acceptors (Lipinski definition) is 2. The van der Waals surface area contributed by atoms with Crippen LogP contribution in [0.2, 0.25) is 0 Å². The number of para-hydroxylation sites is 1. The smallest absolute Gasteiger partial charge is 0.252 e. The highest BCUT2D eigenvalue weighted by molar-refractivity contribution is 7.00. The van der Waals surface area contributed by atoms with E-state index in [0.717, 1.165) is 0 Å². The van der Waals surface area contributed by atoms with Crippen molar-refractivity contribution in [2.75, 3.05) is 9.80 Å². The van der Waals surface area contributed by atoms with Crippen LogP contribution in [-0.4, -0.2) is 22.4 Å². The molecule has 0 N–H and O–H groups in total. The van der Waals surface area contributed by atoms with E-state index in [1.54, 1.807) is 11.1 Å². The Kier molecular flexibility index (Phi) is 7.05. The molecule has 0 saturated heterocycles. The highest BCUT2D eigenvalue weighted by atomic mass is 15.3. The molecule has 0 spiro atoms. The van der Waals surface area contributed by atoms with E-state index in [4.69, 9.17) is 0 Å². The van der Waals surface area contributed by atoms with Crippen LogP contribution in [-0.2, 0) is 21.7 Å². The van der Waals surface area contributed by atoms with Crippen molar-refractivity contribution in [1.29, 1.82) is 0 Å². The zero-order valence-electron chi connectivity index (χ0n) is 38.5. The molecule has 0 amide bonds. The van der Waals surface area contributed by atoms with Gasteiger partial charge in [-0.15, -0.1) is 0 Å². The molecule has 4 atom stereocenters. The standard InChI is InChI=1S/C56H64BN3/c1-33-26-34(2)47-44(27-33)59(56(12)25-16-14-23-54(47,56)10)37-31-45-48-46(32-37)60-50-40(53(9)22-13-15-24-55(53,60)11)18-17-19-41(50)57(48)42-30-36(52(6,7)8)29-39-38-28-35(51(3,4)5)20-21-43(38)58(45)49(39)42/h17-21,26-32H,13-16,22-25H2,1-12H3. The van der Waals surface area contributed by atoms with E-state index in [9.17, 15) is 0 Å². The van der Waals surface area contributed by atoms with Crippen LogP contribution >= 0.6 is 0 Å². The summed E-state index contributed by atoms with van der Waals surface area (Å²) in [5.41, 5.74) is 23.3. The highest BCUT2D eigenvalue weighted by Crippen LogP contribution is 2.64. The first-order valence-electron chi connectivity index (χ1n) is 23.5. The van der Waals surface area contributed by atoms with Crippen molar-refractivity contribution in [2.45, 2.75) is 167 Å². The summed E-state index contributed by atoms with van der Waals surface area (Å²) in [6, 6.07) is 30.5. The number of hydrogen-bond donors (Lipinski definition) is 0. The van der Waals surface area contributed by atoms with Gasteiger partial charge in [-0.1, -0.05) is 117 Å². The maximum atomic E-state index is 2.94. The van der Waals surface area contributed by atoms with Crippen LogP contribution in [0.5, 0.6) is 0 Å². The van der Waals surface area contributed by atoms with Gasteiger partial charge in [0.05, 0.1) is 16.6 Å². The monoisotopic (exact) mass is 790 g/mol. The molecule has 6 aliphatic rings. The second-order valence-corrected chi connectivity index (χ2v) is 23.4. The average molecular weight is 790 g/mol. The van der Waals surface area contributed by atoms with Crippen LogP contribution in [0.15, 0.2) is 72.8 Å². The van der Waals surface area contributed by atoms with Gasteiger partial charge < -0.3 is 14.4 Å². The lowest BCUT2D eigenvalue weighted by Crippen LogP contribution is -2.64. The number of benzene rings is 5. The van der Waals surface area contributed by atoms with Crippen molar-refractivity contribution in [3.05, 3.63) is 106 Å². The van der Waals surface area contributed by atoms with E-state index < -0.39 is 0 Å². The van der Waals surface area contributed by atoms with Crippen molar-refractivity contribution in [3.8, 4) is 5.69 Å². The van der Waals surface area contributed by atoms with Crippen LogP contribution in [0.1, 0.15) is 154 Å². The van der Waals surface area contributed by atoms with E-state index in [2.05, 4.69) is 170 Å². The third-order valence-electron chi connectivity index (χ3n) is 18.1. The highest BCUT2D eigenvalue weighted by Gasteiger charge is 2.62. The zero-order valence-corrected chi connectivity index (χ0v) is 38.5. The van der Waals surface area contributed by atoms with Gasteiger partial charge in [0.2, 0.25) is 0 Å². The largest absolute Gasteiger partial charge is 0.335 e. The zero-order chi connectivity index (χ0) is 41.8. The molecule has 4 aliphatic heterocycles. The molecule has 306 valence electrons. The Hall–Kier alpha value is -4.44. The second kappa shape index (κ2) is 11.3. The van der Waals surface area contributed by atoms with Gasteiger partial charge in [-0.2, -0.15) is 0 Å². The number of nitrogens with zero attached hydrogens (tertiary/aromatic N) is 3. The SMILES string of the molecule is Cc1cc(C)c2c(c1)N(c1cc3c4c(c1)-n1c5ccc(C(C)(C)C)cc5c5cc(C(C)(C)C)cc(c51)B4c1cccc4c1N3C1(C)CCCCC41C)C1(C)CCCCC21C. The van der Waals surface area contributed by atoms with Gasteiger partial charge >= 0.3 is 0 Å². The van der Waals surface area contributed by atoms with Crippen LogP contribution in [0.4, 0.5) is 22.7 Å². The summed E-state index contributed by atoms with van der Waals surface area (Å²) in [6.45, 7) is 29.6. The van der Waals surface area contributed by atoms with Crippen LogP contribution in [0, 0.1) is 13.8 Å². The molecule has 0 radical (unpaired) electrons. The summed E-state index contributed by atoms with van der Waals surface area (Å²) in [5.74, 6) is 0. The summed E-state index contributed by atoms with van der Waals surface area (Å²) in [4.78, 5) is 5.82. The van der Waals surface area contributed by atoms with Gasteiger partial charge in [-0.25, -0.2) is 0 Å². The van der Waals surface area contributed by atoms with Gasteiger partial charge in [0.15, 0.2) is 0 Å². The molecular formula is C56H64BN3. The first kappa shape index (κ1) is 37.3. The van der Waals surface area contributed by atoms with Gasteiger partial charge in [-0.3, -0.25) is 0 Å². The minimum Gasteiger partial charge on any atom is -0.335 e. The number of anilines is 4. The summed E-state index contributed by atoms with van der Waals surface area (Å²) < 4.78 is 2.74. The second-order valence-electron chi connectivity index (χ2n) is 23.4. The van der Waals surface area contributed by atoms with Crippen molar-refractivity contribution in [2.24, 2.45) is 0 Å². The molecule has 3 nitrogen and oxygen atoms in total. The van der Waals surface area contributed by atoms with E-state index in [-0.39, 0.29) is 39.5 Å². The third-order valence-corrected chi connectivity index (χ3v) is 18.1. The normalized spacial score (nSPS) is 27.3. The van der Waals surface area contributed by atoms with Crippen molar-refractivity contribution < 1.29 is 0 Å². The van der Waals surface area contributed by atoms with Crippen LogP contribution < -0.4 is 26.2 Å². The van der Waals surface area contributed by atoms with E-state index >= 15 is 0 Å². The molecule has 6 aromatic rings. The first-order valence-corrected chi connectivity index (χ1v) is 23.5. The fourth-order valence-electron chi connectivity index (χ4n) is 14.6. The lowest BCUT2D eigenvalue weighted by molar-refractivity contribution is 0.193. The Morgan fingerprint density at radius 3 is 1.95 bits per heavy atom. The quantitative estimate of drug-likeness (QED) is 0.154. The Morgan fingerprint density at radius 2 is 1.23 bits per heavy atom. The minimum absolute atomic E-state index is 0.00441. The van der Waals surface area contributed by atoms with Gasteiger partial charge in [-0.05, 0) is 150 Å². The lowest BCUT2D eigenvalue weighted by atomic mass is 9.33. The molecule has 4 unspecified atom stereocenters. The van der Waals surface area contributed by atoms with Gasteiger partial charge in [0, 0.05) is 55.6 Å². The topological polar surface area (TPSA) is 11.4 Å². The van der Waals surface area contributed by atoms with E-state index in [0.29, 0.717) is 0 Å². The lowest BCUT2D eigenvalue weighted by Gasteiger charge is -2.53. The number of fused-ring (bicyclic) bond motifs is 13. The summed E-state index contributed by atoms with van der Waals surface area (Å²) >= 11 is 0. The van der Waals surface area contributed by atoms with Crippen molar-refractivity contribution >= 4 is 67.7 Å². The molecule has 5 heterocycles. The molecule has 1 aromatic heterocycles. The van der Waals surface area contributed by atoms with Gasteiger partial charge in [0.1, 0.15) is 0 Å². The van der Waals surface area contributed by atoms with E-state index in [1.807, 2.05) is 0 Å². The number of aryl methyl sites for hydroxylation is 2. The first-order chi connectivity index (χ1) is 28.3. The summed E-state index contributed by atoms with van der Waals surface area (Å²) in [7, 11) is 0. The molecule has 12 rings (SSSR count). The molecule has 2 aliphatic carbocycles. The third kappa shape index (κ3) is 4.25. The Bertz CT molecular complexity index is 2920. The Balaban J connectivity index is 1.26. The molecule has 60 heavy (non-hydrogen) atoms. The Morgan fingerprint density at radius 1 is 0.583 bits per heavy atom.